The summed E-state index contributed by atoms with van der Waals surface area (Å²) in [5.74, 6) is -2.20. The predicted octanol–water partition coefficient (Wildman–Crippen LogP) is 2.40. The molecule has 0 heterocycles. The van der Waals surface area contributed by atoms with E-state index < -0.39 is 28.3 Å². The molecule has 102 valence electrons. The quantitative estimate of drug-likeness (QED) is 0.646. The highest BCUT2D eigenvalue weighted by molar-refractivity contribution is 5.71. The maximum Gasteiger partial charge on any atom is 0.327 e. The van der Waals surface area contributed by atoms with E-state index in [1.54, 1.807) is 0 Å². The Morgan fingerprint density at radius 3 is 2.79 bits per heavy atom. The van der Waals surface area contributed by atoms with Crippen molar-refractivity contribution in [3.8, 4) is 0 Å². The number of aliphatic carboxylic acids is 1. The van der Waals surface area contributed by atoms with Gasteiger partial charge in [-0.25, -0.2) is 0 Å². The van der Waals surface area contributed by atoms with Gasteiger partial charge in [0.1, 0.15) is 5.69 Å². The highest BCUT2D eigenvalue weighted by Gasteiger charge is 2.31. The Morgan fingerprint density at radius 2 is 2.21 bits per heavy atom. The third-order valence-corrected chi connectivity index (χ3v) is 3.31. The zero-order chi connectivity index (χ0) is 14.0. The van der Waals surface area contributed by atoms with Gasteiger partial charge in [-0.05, 0) is 31.4 Å². The second kappa shape index (κ2) is 5.21. The van der Waals surface area contributed by atoms with Crippen LogP contribution in [0.1, 0.15) is 19.3 Å². The van der Waals surface area contributed by atoms with Gasteiger partial charge < -0.3 is 10.4 Å². The second-order valence-electron chi connectivity index (χ2n) is 4.58. The van der Waals surface area contributed by atoms with Gasteiger partial charge in [0.05, 0.1) is 10.8 Å². The maximum absolute atomic E-state index is 13.4. The van der Waals surface area contributed by atoms with Crippen molar-refractivity contribution in [1.29, 1.82) is 0 Å². The smallest absolute Gasteiger partial charge is 0.327 e. The van der Waals surface area contributed by atoms with E-state index in [0.717, 1.165) is 6.07 Å². The molecule has 0 spiro atoms. The molecule has 7 heteroatoms. The zero-order valence-electron chi connectivity index (χ0n) is 10.0. The molecule has 2 atom stereocenters. The van der Waals surface area contributed by atoms with Crippen LogP contribution in [0.3, 0.4) is 0 Å². The van der Waals surface area contributed by atoms with E-state index in [0.29, 0.717) is 19.3 Å². The van der Waals surface area contributed by atoms with Crippen molar-refractivity contribution in [2.75, 3.05) is 5.32 Å². The fourth-order valence-corrected chi connectivity index (χ4v) is 2.37. The molecule has 1 aromatic carbocycles. The molecule has 19 heavy (non-hydrogen) atoms. The number of anilines is 1. The van der Waals surface area contributed by atoms with Crippen LogP contribution in [0.15, 0.2) is 18.2 Å². The Hall–Kier alpha value is -2.18. The highest BCUT2D eigenvalue weighted by atomic mass is 19.1. The molecule has 2 N–H and O–H groups in total. The van der Waals surface area contributed by atoms with Crippen molar-refractivity contribution in [3.05, 3.63) is 34.1 Å². The molecule has 0 unspecified atom stereocenters. The van der Waals surface area contributed by atoms with Crippen molar-refractivity contribution in [2.24, 2.45) is 5.92 Å². The van der Waals surface area contributed by atoms with Crippen LogP contribution in [0.5, 0.6) is 0 Å². The van der Waals surface area contributed by atoms with Crippen LogP contribution in [0.2, 0.25) is 0 Å². The fraction of sp³-hybridized carbons (Fsp3) is 0.417. The summed E-state index contributed by atoms with van der Waals surface area (Å²) < 4.78 is 13.4. The number of nitrogens with zero attached hydrogens (tertiary/aromatic N) is 1. The molecule has 1 aliphatic carbocycles. The lowest BCUT2D eigenvalue weighted by Crippen LogP contribution is -2.18. The number of carboxylic acid groups (broad SMARTS) is 1. The van der Waals surface area contributed by atoms with Gasteiger partial charge in [-0.3, -0.25) is 14.9 Å². The summed E-state index contributed by atoms with van der Waals surface area (Å²) >= 11 is 0. The predicted molar refractivity (Wildman–Crippen MR) is 65.4 cm³/mol. The first-order valence-electron chi connectivity index (χ1n) is 5.91. The summed E-state index contributed by atoms with van der Waals surface area (Å²) in [7, 11) is 0. The monoisotopic (exact) mass is 268 g/mol. The Morgan fingerprint density at radius 1 is 1.47 bits per heavy atom. The molecular weight excluding hydrogens is 255 g/mol. The number of carboxylic acids is 1. The fourth-order valence-electron chi connectivity index (χ4n) is 2.37. The van der Waals surface area contributed by atoms with E-state index in [2.05, 4.69) is 5.32 Å². The molecule has 6 nitrogen and oxygen atoms in total. The molecule has 0 saturated heterocycles. The lowest BCUT2D eigenvalue weighted by atomic mass is 10.1. The first kappa shape index (κ1) is 13.3. The summed E-state index contributed by atoms with van der Waals surface area (Å²) in [4.78, 5) is 20.9. The van der Waals surface area contributed by atoms with Crippen molar-refractivity contribution in [2.45, 2.75) is 25.3 Å². The van der Waals surface area contributed by atoms with Gasteiger partial charge in [-0.15, -0.1) is 0 Å². The number of carbonyl (C=O) groups is 1. The molecule has 0 aromatic heterocycles. The van der Waals surface area contributed by atoms with Crippen LogP contribution >= 0.6 is 0 Å². The zero-order valence-corrected chi connectivity index (χ0v) is 10.0. The first-order chi connectivity index (χ1) is 8.99. The van der Waals surface area contributed by atoms with Crippen LogP contribution < -0.4 is 5.32 Å². The Labute approximate surface area is 108 Å². The Kier molecular flexibility index (Phi) is 3.64. The van der Waals surface area contributed by atoms with E-state index in [9.17, 15) is 19.3 Å². The molecule has 0 radical (unpaired) electrons. The molecule has 0 amide bonds. The van der Waals surface area contributed by atoms with Crippen LogP contribution in [0.4, 0.5) is 15.8 Å². The lowest BCUT2D eigenvalue weighted by Gasteiger charge is -2.14. The largest absolute Gasteiger partial charge is 0.481 e. The highest BCUT2D eigenvalue weighted by Crippen LogP contribution is 2.32. The number of nitro groups is 1. The Balaban J connectivity index is 2.14. The topological polar surface area (TPSA) is 92.5 Å². The molecule has 1 fully saturated rings. The van der Waals surface area contributed by atoms with Crippen molar-refractivity contribution in [3.63, 3.8) is 0 Å². The minimum absolute atomic E-state index is 0.0982. The standard InChI is InChI=1S/C12H13FN2O4/c13-9-2-1-3-10(11(9)15(18)19)14-8-5-4-7(6-8)12(16)17/h1-3,7-8,14H,4-6H2,(H,16,17)/t7-,8+/m1/s1. The third-order valence-electron chi connectivity index (χ3n) is 3.31. The summed E-state index contributed by atoms with van der Waals surface area (Å²) in [5.41, 5.74) is -0.498. The van der Waals surface area contributed by atoms with Crippen molar-refractivity contribution >= 4 is 17.3 Å². The number of benzene rings is 1. The van der Waals surface area contributed by atoms with Gasteiger partial charge >= 0.3 is 11.7 Å². The third kappa shape index (κ3) is 2.81. The normalized spacial score (nSPS) is 22.2. The number of para-hydroxylation sites is 1. The van der Waals surface area contributed by atoms with Crippen LogP contribution in [-0.4, -0.2) is 22.0 Å². The van der Waals surface area contributed by atoms with Crippen LogP contribution in [0, 0.1) is 21.8 Å². The number of hydrogen-bond acceptors (Lipinski definition) is 4. The first-order valence-corrected chi connectivity index (χ1v) is 5.91. The van der Waals surface area contributed by atoms with E-state index in [1.165, 1.54) is 12.1 Å². The lowest BCUT2D eigenvalue weighted by molar-refractivity contribution is -0.386. The van der Waals surface area contributed by atoms with Gasteiger partial charge in [-0.1, -0.05) is 6.07 Å². The van der Waals surface area contributed by atoms with Gasteiger partial charge in [0, 0.05) is 6.04 Å². The number of rotatable bonds is 4. The summed E-state index contributed by atoms with van der Waals surface area (Å²) in [6.07, 6.45) is 1.52. The van der Waals surface area contributed by atoms with E-state index in [1.807, 2.05) is 0 Å². The summed E-state index contributed by atoms with van der Waals surface area (Å²) in [5, 5.41) is 22.6. The Bertz CT molecular complexity index is 520. The van der Waals surface area contributed by atoms with Gasteiger partial charge in [-0.2, -0.15) is 4.39 Å². The van der Waals surface area contributed by atoms with Crippen molar-refractivity contribution < 1.29 is 19.2 Å². The van der Waals surface area contributed by atoms with E-state index in [4.69, 9.17) is 5.11 Å². The number of nitrogens with one attached hydrogen (secondary N) is 1. The SMILES string of the molecule is O=C(O)[C@@H]1CC[C@H](Nc2cccc(F)c2[N+](=O)[O-])C1. The molecule has 0 bridgehead atoms. The molecular formula is C12H13FN2O4. The summed E-state index contributed by atoms with van der Waals surface area (Å²) in [6, 6.07) is 3.66. The van der Waals surface area contributed by atoms with Crippen molar-refractivity contribution in [1.82, 2.24) is 0 Å². The van der Waals surface area contributed by atoms with E-state index in [-0.39, 0.29) is 11.7 Å². The average molecular weight is 268 g/mol. The van der Waals surface area contributed by atoms with Gasteiger partial charge in [0.25, 0.3) is 0 Å². The summed E-state index contributed by atoms with van der Waals surface area (Å²) in [6.45, 7) is 0. The van der Waals surface area contributed by atoms with Gasteiger partial charge in [0.15, 0.2) is 0 Å². The minimum Gasteiger partial charge on any atom is -0.481 e. The number of hydrogen-bond donors (Lipinski definition) is 2. The molecule has 1 aromatic rings. The number of nitro benzene ring substituents is 1. The minimum atomic E-state index is -0.900. The van der Waals surface area contributed by atoms with Gasteiger partial charge in [0.2, 0.25) is 5.82 Å². The average Bonchev–Trinajstić information content (AvgIpc) is 2.77. The van der Waals surface area contributed by atoms with Crippen LogP contribution in [0.25, 0.3) is 0 Å². The molecule has 1 saturated carbocycles. The molecule has 0 aliphatic heterocycles. The number of halogens is 1. The van der Waals surface area contributed by atoms with Crippen LogP contribution in [-0.2, 0) is 4.79 Å². The second-order valence-corrected chi connectivity index (χ2v) is 4.58. The molecule has 2 rings (SSSR count). The molecule has 1 aliphatic rings. The van der Waals surface area contributed by atoms with E-state index >= 15 is 0 Å². The maximum atomic E-state index is 13.4.